The summed E-state index contributed by atoms with van der Waals surface area (Å²) in [6.07, 6.45) is 2.57. The van der Waals surface area contributed by atoms with Crippen LogP contribution in [0.4, 0.5) is 0 Å². The second-order valence-electron chi connectivity index (χ2n) is 3.43. The second-order valence-corrected chi connectivity index (χ2v) is 3.43. The van der Waals surface area contributed by atoms with E-state index < -0.39 is 0 Å². The molecule has 2 rings (SSSR count). The van der Waals surface area contributed by atoms with Crippen LogP contribution in [0, 0.1) is 6.92 Å². The van der Waals surface area contributed by atoms with E-state index in [2.05, 4.69) is 10.3 Å². The van der Waals surface area contributed by atoms with Crippen molar-refractivity contribution in [2.45, 2.75) is 6.92 Å². The second kappa shape index (κ2) is 3.65. The minimum atomic E-state index is 0.717. The van der Waals surface area contributed by atoms with Crippen LogP contribution in [-0.2, 0) is 7.05 Å². The summed E-state index contributed by atoms with van der Waals surface area (Å²) in [4.78, 5) is 10.7. The third-order valence-electron chi connectivity index (χ3n) is 2.41. The lowest BCUT2D eigenvalue weighted by molar-refractivity contribution is 0.112. The summed E-state index contributed by atoms with van der Waals surface area (Å²) in [5, 5.41) is 7.68. The molecule has 0 N–H and O–H groups in total. The summed E-state index contributed by atoms with van der Waals surface area (Å²) in [6.45, 7) is 1.91. The Bertz CT molecular complexity index is 502. The van der Waals surface area contributed by atoms with Crippen LogP contribution in [0.15, 0.2) is 24.4 Å². The van der Waals surface area contributed by atoms with Crippen molar-refractivity contribution in [1.82, 2.24) is 15.0 Å². The molecular formula is C11H11N3O. The van der Waals surface area contributed by atoms with Gasteiger partial charge in [-0.3, -0.25) is 4.79 Å². The molecule has 76 valence electrons. The van der Waals surface area contributed by atoms with Crippen molar-refractivity contribution in [1.29, 1.82) is 0 Å². The highest BCUT2D eigenvalue weighted by molar-refractivity contribution is 5.79. The molecule has 0 unspecified atom stereocenters. The van der Waals surface area contributed by atoms with Crippen LogP contribution < -0.4 is 0 Å². The van der Waals surface area contributed by atoms with Gasteiger partial charge in [0.25, 0.3) is 0 Å². The number of hydrogen-bond acceptors (Lipinski definition) is 3. The summed E-state index contributed by atoms with van der Waals surface area (Å²) in [5.41, 5.74) is 3.64. The lowest BCUT2D eigenvalue weighted by Gasteiger charge is -2.03. The number of aryl methyl sites for hydroxylation is 2. The molecule has 1 aromatic carbocycles. The zero-order chi connectivity index (χ0) is 10.8. The molecule has 0 saturated heterocycles. The van der Waals surface area contributed by atoms with E-state index in [0.717, 1.165) is 23.1 Å². The molecule has 0 aliphatic heterocycles. The molecule has 0 spiro atoms. The summed E-state index contributed by atoms with van der Waals surface area (Å²) in [7, 11) is 1.84. The Labute approximate surface area is 87.5 Å². The maximum Gasteiger partial charge on any atom is 0.150 e. The number of hydrogen-bond donors (Lipinski definition) is 0. The maximum atomic E-state index is 10.7. The minimum Gasteiger partial charge on any atom is -0.298 e. The quantitative estimate of drug-likeness (QED) is 0.693. The van der Waals surface area contributed by atoms with Gasteiger partial charge < -0.3 is 0 Å². The van der Waals surface area contributed by atoms with E-state index in [-0.39, 0.29) is 0 Å². The van der Waals surface area contributed by atoms with Gasteiger partial charge in [-0.15, -0.1) is 5.10 Å². The van der Waals surface area contributed by atoms with Gasteiger partial charge in [0, 0.05) is 18.2 Å². The summed E-state index contributed by atoms with van der Waals surface area (Å²) in [6, 6.07) is 5.67. The first-order valence-corrected chi connectivity index (χ1v) is 4.63. The number of aromatic nitrogens is 3. The van der Waals surface area contributed by atoms with Crippen molar-refractivity contribution >= 4 is 6.29 Å². The van der Waals surface area contributed by atoms with Gasteiger partial charge in [0.05, 0.1) is 11.9 Å². The number of benzene rings is 1. The first-order valence-electron chi connectivity index (χ1n) is 4.63. The smallest absolute Gasteiger partial charge is 0.150 e. The van der Waals surface area contributed by atoms with Crippen LogP contribution >= 0.6 is 0 Å². The van der Waals surface area contributed by atoms with Gasteiger partial charge in [-0.05, 0) is 18.6 Å². The standard InChI is InChI=1S/C11H11N3O/c1-8-5-9(3-4-10(8)7-15)11-6-12-13-14(11)2/h3-7H,1-2H3. The molecule has 1 aromatic heterocycles. The van der Waals surface area contributed by atoms with Crippen molar-refractivity contribution in [3.05, 3.63) is 35.5 Å². The van der Waals surface area contributed by atoms with Gasteiger partial charge in [-0.25, -0.2) is 4.68 Å². The van der Waals surface area contributed by atoms with Crippen molar-refractivity contribution in [3.63, 3.8) is 0 Å². The molecule has 0 bridgehead atoms. The Balaban J connectivity index is 2.52. The van der Waals surface area contributed by atoms with Gasteiger partial charge in [0.15, 0.2) is 0 Å². The van der Waals surface area contributed by atoms with Crippen LogP contribution in [0.2, 0.25) is 0 Å². The number of nitrogens with zero attached hydrogens (tertiary/aromatic N) is 3. The molecule has 2 aromatic rings. The molecule has 0 atom stereocenters. The molecule has 0 saturated carbocycles. The Morgan fingerprint density at radius 3 is 2.73 bits per heavy atom. The normalized spacial score (nSPS) is 10.3. The average molecular weight is 201 g/mol. The van der Waals surface area contributed by atoms with E-state index in [0.29, 0.717) is 5.56 Å². The molecule has 0 aliphatic carbocycles. The molecular weight excluding hydrogens is 190 g/mol. The fraction of sp³-hybridized carbons (Fsp3) is 0.182. The Hall–Kier alpha value is -1.97. The van der Waals surface area contributed by atoms with Crippen molar-refractivity contribution in [2.75, 3.05) is 0 Å². The molecule has 0 fully saturated rings. The topological polar surface area (TPSA) is 47.8 Å². The first-order chi connectivity index (χ1) is 7.22. The Morgan fingerprint density at radius 2 is 2.20 bits per heavy atom. The highest BCUT2D eigenvalue weighted by atomic mass is 16.1. The third kappa shape index (κ3) is 1.66. The van der Waals surface area contributed by atoms with Gasteiger partial charge in [0.2, 0.25) is 0 Å². The molecule has 15 heavy (non-hydrogen) atoms. The predicted molar refractivity (Wildman–Crippen MR) is 56.6 cm³/mol. The van der Waals surface area contributed by atoms with Crippen LogP contribution in [0.5, 0.6) is 0 Å². The van der Waals surface area contributed by atoms with E-state index >= 15 is 0 Å². The Kier molecular flexibility index (Phi) is 2.33. The lowest BCUT2D eigenvalue weighted by Crippen LogP contribution is -1.95. The SMILES string of the molecule is Cc1cc(-c2cnnn2C)ccc1C=O. The number of aldehydes is 1. The predicted octanol–water partition coefficient (Wildman–Crippen LogP) is 1.60. The van der Waals surface area contributed by atoms with Gasteiger partial charge >= 0.3 is 0 Å². The van der Waals surface area contributed by atoms with Crippen LogP contribution in [0.25, 0.3) is 11.3 Å². The van der Waals surface area contributed by atoms with Crippen LogP contribution in [0.1, 0.15) is 15.9 Å². The maximum absolute atomic E-state index is 10.7. The largest absolute Gasteiger partial charge is 0.298 e. The number of carbonyl (C=O) groups is 1. The fourth-order valence-corrected chi connectivity index (χ4v) is 1.52. The number of rotatable bonds is 2. The Morgan fingerprint density at radius 1 is 1.40 bits per heavy atom. The molecule has 4 nitrogen and oxygen atoms in total. The van der Waals surface area contributed by atoms with E-state index in [1.807, 2.05) is 32.2 Å². The van der Waals surface area contributed by atoms with Crippen molar-refractivity contribution in [2.24, 2.45) is 7.05 Å². The first kappa shape index (κ1) is 9.58. The molecule has 1 heterocycles. The molecule has 0 amide bonds. The van der Waals surface area contributed by atoms with E-state index in [1.165, 1.54) is 0 Å². The van der Waals surface area contributed by atoms with Crippen LogP contribution in [-0.4, -0.2) is 21.3 Å². The van der Waals surface area contributed by atoms with E-state index in [9.17, 15) is 4.79 Å². The lowest BCUT2D eigenvalue weighted by atomic mass is 10.0. The van der Waals surface area contributed by atoms with Gasteiger partial charge in [-0.2, -0.15) is 0 Å². The summed E-state index contributed by atoms with van der Waals surface area (Å²) in [5.74, 6) is 0. The molecule has 0 radical (unpaired) electrons. The monoisotopic (exact) mass is 201 g/mol. The average Bonchev–Trinajstić information content (AvgIpc) is 2.64. The summed E-state index contributed by atoms with van der Waals surface area (Å²) >= 11 is 0. The van der Waals surface area contributed by atoms with Crippen molar-refractivity contribution in [3.8, 4) is 11.3 Å². The van der Waals surface area contributed by atoms with Crippen molar-refractivity contribution < 1.29 is 4.79 Å². The van der Waals surface area contributed by atoms with Gasteiger partial charge in [-0.1, -0.05) is 17.3 Å². The summed E-state index contributed by atoms with van der Waals surface area (Å²) < 4.78 is 1.70. The highest BCUT2D eigenvalue weighted by Crippen LogP contribution is 2.19. The van der Waals surface area contributed by atoms with Crippen LogP contribution in [0.3, 0.4) is 0 Å². The van der Waals surface area contributed by atoms with E-state index in [4.69, 9.17) is 0 Å². The zero-order valence-electron chi connectivity index (χ0n) is 8.64. The van der Waals surface area contributed by atoms with Gasteiger partial charge in [0.1, 0.15) is 6.29 Å². The molecule has 4 heteroatoms. The molecule has 0 aliphatic rings. The fourth-order valence-electron chi connectivity index (χ4n) is 1.52. The minimum absolute atomic E-state index is 0.717. The van der Waals surface area contributed by atoms with E-state index in [1.54, 1.807) is 10.9 Å². The number of carbonyl (C=O) groups excluding carboxylic acids is 1. The third-order valence-corrected chi connectivity index (χ3v) is 2.41. The highest BCUT2D eigenvalue weighted by Gasteiger charge is 2.05. The zero-order valence-corrected chi connectivity index (χ0v) is 8.64.